The normalized spacial score (nSPS) is 39.8. The van der Waals surface area contributed by atoms with Gasteiger partial charge in [-0.25, -0.2) is 4.98 Å². The minimum absolute atomic E-state index is 0.0174. The number of ketones is 1. The standard InChI is InChI=1S/C26H30ClNOS/c1-25-14-12-21-23(30-24(28-21)15-3-5-16(27)6-4-15)20(25)8-7-17-18-9-10-22(29)26(18,2)13-11-19(17)25/h3-6,17-20H,7-14H2,1-2H3/t17-,18-,19-,20-,25+,26-/m0/s1. The van der Waals surface area contributed by atoms with Crippen LogP contribution in [0.5, 0.6) is 0 Å². The number of Topliss-reactive ketones (excluding diaryl/α,β-unsaturated/α-hetero) is 1. The Kier molecular flexibility index (Phi) is 4.32. The summed E-state index contributed by atoms with van der Waals surface area (Å²) >= 11 is 8.02. The third kappa shape index (κ3) is 2.60. The summed E-state index contributed by atoms with van der Waals surface area (Å²) in [4.78, 5) is 19.3. The highest BCUT2D eigenvalue weighted by Crippen LogP contribution is 2.67. The summed E-state index contributed by atoms with van der Waals surface area (Å²) in [6, 6.07) is 8.13. The van der Waals surface area contributed by atoms with Crippen LogP contribution in [0.1, 0.15) is 75.3 Å². The number of carbonyl (C=O) groups is 1. The lowest BCUT2D eigenvalue weighted by Gasteiger charge is -2.59. The fraction of sp³-hybridized carbons (Fsp3) is 0.615. The Morgan fingerprint density at radius 2 is 1.80 bits per heavy atom. The molecule has 1 heterocycles. The summed E-state index contributed by atoms with van der Waals surface area (Å²) in [5.41, 5.74) is 2.89. The molecule has 0 aliphatic heterocycles. The maximum absolute atomic E-state index is 12.7. The Labute approximate surface area is 188 Å². The van der Waals surface area contributed by atoms with E-state index in [2.05, 4.69) is 26.0 Å². The van der Waals surface area contributed by atoms with Crippen molar-refractivity contribution in [2.45, 2.75) is 71.1 Å². The average molecular weight is 440 g/mol. The molecule has 0 saturated heterocycles. The van der Waals surface area contributed by atoms with Gasteiger partial charge in [-0.1, -0.05) is 37.6 Å². The van der Waals surface area contributed by atoms with Crippen molar-refractivity contribution in [1.82, 2.24) is 4.98 Å². The number of benzene rings is 1. The topological polar surface area (TPSA) is 30.0 Å². The van der Waals surface area contributed by atoms with Gasteiger partial charge in [-0.15, -0.1) is 11.3 Å². The van der Waals surface area contributed by atoms with Crippen molar-refractivity contribution in [2.75, 3.05) is 0 Å². The molecule has 158 valence electrons. The predicted molar refractivity (Wildman–Crippen MR) is 123 cm³/mol. The van der Waals surface area contributed by atoms with E-state index in [1.54, 1.807) is 4.88 Å². The molecule has 4 heteroatoms. The second kappa shape index (κ2) is 6.65. The van der Waals surface area contributed by atoms with Crippen LogP contribution in [-0.2, 0) is 11.2 Å². The highest BCUT2D eigenvalue weighted by molar-refractivity contribution is 7.15. The maximum Gasteiger partial charge on any atom is 0.139 e. The number of aromatic nitrogens is 1. The Bertz CT molecular complexity index is 1010. The smallest absolute Gasteiger partial charge is 0.139 e. The SMILES string of the molecule is C[C@]12CCc3nc(-c4ccc(Cl)cc4)sc3[C@@H]1CC[C@@H]1[C@@H]2CC[C@]2(C)C(=O)CC[C@@H]12. The lowest BCUT2D eigenvalue weighted by atomic mass is 9.46. The molecule has 3 saturated carbocycles. The molecule has 0 spiro atoms. The van der Waals surface area contributed by atoms with Gasteiger partial charge < -0.3 is 0 Å². The Hall–Kier alpha value is -1.19. The van der Waals surface area contributed by atoms with Crippen molar-refractivity contribution in [3.8, 4) is 10.6 Å². The predicted octanol–water partition coefficient (Wildman–Crippen LogP) is 7.31. The first-order valence-corrected chi connectivity index (χ1v) is 12.9. The number of hydrogen-bond acceptors (Lipinski definition) is 3. The number of aryl methyl sites for hydroxylation is 1. The number of hydrogen-bond donors (Lipinski definition) is 0. The molecule has 0 bridgehead atoms. The molecule has 1 aromatic carbocycles. The molecule has 6 atom stereocenters. The van der Waals surface area contributed by atoms with Gasteiger partial charge in [0.1, 0.15) is 10.8 Å². The van der Waals surface area contributed by atoms with Crippen LogP contribution in [-0.4, -0.2) is 10.8 Å². The summed E-state index contributed by atoms with van der Waals surface area (Å²) in [6.07, 6.45) is 9.27. The summed E-state index contributed by atoms with van der Waals surface area (Å²) in [7, 11) is 0. The first-order chi connectivity index (χ1) is 14.4. The summed E-state index contributed by atoms with van der Waals surface area (Å²) in [5.74, 6) is 3.35. The van der Waals surface area contributed by atoms with Gasteiger partial charge in [0.05, 0.1) is 5.69 Å². The summed E-state index contributed by atoms with van der Waals surface area (Å²) in [6.45, 7) is 4.87. The maximum atomic E-state index is 12.7. The van der Waals surface area contributed by atoms with Crippen LogP contribution in [0.2, 0.25) is 5.02 Å². The molecule has 4 aliphatic carbocycles. The van der Waals surface area contributed by atoms with Gasteiger partial charge >= 0.3 is 0 Å². The van der Waals surface area contributed by atoms with Crippen molar-refractivity contribution in [3.63, 3.8) is 0 Å². The number of halogens is 1. The summed E-state index contributed by atoms with van der Waals surface area (Å²) < 4.78 is 0. The van der Waals surface area contributed by atoms with E-state index in [-0.39, 0.29) is 5.41 Å². The van der Waals surface area contributed by atoms with Gasteiger partial charge in [-0.3, -0.25) is 4.79 Å². The first kappa shape index (κ1) is 19.5. The molecule has 30 heavy (non-hydrogen) atoms. The number of fused-ring (bicyclic) bond motifs is 7. The molecule has 1 aromatic heterocycles. The number of carbonyl (C=O) groups excluding carboxylic acids is 1. The minimum atomic E-state index is -0.0174. The first-order valence-electron chi connectivity index (χ1n) is 11.7. The van der Waals surface area contributed by atoms with E-state index in [9.17, 15) is 4.79 Å². The van der Waals surface area contributed by atoms with Gasteiger partial charge in [0.15, 0.2) is 0 Å². The highest BCUT2D eigenvalue weighted by Gasteiger charge is 2.60. The molecular weight excluding hydrogens is 410 g/mol. The van der Waals surface area contributed by atoms with Crippen LogP contribution in [0.3, 0.4) is 0 Å². The van der Waals surface area contributed by atoms with E-state index in [0.717, 1.165) is 47.5 Å². The zero-order valence-electron chi connectivity index (χ0n) is 17.9. The molecule has 0 radical (unpaired) electrons. The van der Waals surface area contributed by atoms with Crippen molar-refractivity contribution in [3.05, 3.63) is 39.9 Å². The lowest BCUT2D eigenvalue weighted by Crippen LogP contribution is -2.52. The quantitative estimate of drug-likeness (QED) is 0.466. The molecule has 3 fully saturated rings. The van der Waals surface area contributed by atoms with E-state index in [1.807, 2.05) is 23.5 Å². The van der Waals surface area contributed by atoms with Crippen LogP contribution in [0.4, 0.5) is 0 Å². The molecule has 0 amide bonds. The summed E-state index contributed by atoms with van der Waals surface area (Å²) in [5, 5.41) is 1.93. The van der Waals surface area contributed by atoms with E-state index < -0.39 is 0 Å². The molecule has 2 aromatic rings. The van der Waals surface area contributed by atoms with Crippen LogP contribution in [0.15, 0.2) is 24.3 Å². The number of nitrogens with zero attached hydrogens (tertiary/aromatic N) is 1. The van der Waals surface area contributed by atoms with Crippen molar-refractivity contribution < 1.29 is 4.79 Å². The van der Waals surface area contributed by atoms with E-state index in [4.69, 9.17) is 16.6 Å². The van der Waals surface area contributed by atoms with Crippen molar-refractivity contribution in [2.24, 2.45) is 28.6 Å². The van der Waals surface area contributed by atoms with E-state index >= 15 is 0 Å². The Morgan fingerprint density at radius 3 is 2.60 bits per heavy atom. The fourth-order valence-corrected chi connectivity index (χ4v) is 9.47. The second-order valence-electron chi connectivity index (χ2n) is 10.8. The van der Waals surface area contributed by atoms with Crippen molar-refractivity contribution >= 4 is 28.7 Å². The molecular formula is C26H30ClNOS. The molecule has 2 nitrogen and oxygen atoms in total. The Morgan fingerprint density at radius 1 is 1.00 bits per heavy atom. The van der Waals surface area contributed by atoms with E-state index in [1.165, 1.54) is 36.9 Å². The lowest BCUT2D eigenvalue weighted by molar-refractivity contribution is -0.134. The third-order valence-corrected chi connectivity index (χ3v) is 11.1. The van der Waals surface area contributed by atoms with E-state index in [0.29, 0.717) is 23.0 Å². The monoisotopic (exact) mass is 439 g/mol. The number of rotatable bonds is 1. The largest absolute Gasteiger partial charge is 0.299 e. The Balaban J connectivity index is 1.34. The zero-order chi connectivity index (χ0) is 20.7. The average Bonchev–Trinajstić information content (AvgIpc) is 3.29. The van der Waals surface area contributed by atoms with Crippen LogP contribution >= 0.6 is 22.9 Å². The van der Waals surface area contributed by atoms with Gasteiger partial charge in [-0.05, 0) is 80.2 Å². The number of thiazole rings is 1. The van der Waals surface area contributed by atoms with Crippen LogP contribution in [0.25, 0.3) is 10.6 Å². The van der Waals surface area contributed by atoms with Gasteiger partial charge in [0.2, 0.25) is 0 Å². The zero-order valence-corrected chi connectivity index (χ0v) is 19.5. The molecule has 4 aliphatic rings. The molecule has 6 rings (SSSR count). The fourth-order valence-electron chi connectivity index (χ4n) is 7.94. The second-order valence-corrected chi connectivity index (χ2v) is 12.2. The van der Waals surface area contributed by atoms with Gasteiger partial charge in [-0.2, -0.15) is 0 Å². The van der Waals surface area contributed by atoms with Gasteiger partial charge in [0.25, 0.3) is 0 Å². The third-order valence-electron chi connectivity index (χ3n) is 9.61. The molecule has 0 N–H and O–H groups in total. The minimum Gasteiger partial charge on any atom is -0.299 e. The molecule has 0 unspecified atom stereocenters. The van der Waals surface area contributed by atoms with Crippen molar-refractivity contribution in [1.29, 1.82) is 0 Å². The van der Waals surface area contributed by atoms with Gasteiger partial charge in [0, 0.05) is 33.2 Å². The van der Waals surface area contributed by atoms with Crippen LogP contribution in [0, 0.1) is 28.6 Å². The van der Waals surface area contributed by atoms with Crippen LogP contribution < -0.4 is 0 Å². The highest BCUT2D eigenvalue weighted by atomic mass is 35.5.